The molecule has 0 aliphatic heterocycles. The highest BCUT2D eigenvalue weighted by molar-refractivity contribution is 6.47. The van der Waals surface area contributed by atoms with Crippen LogP contribution in [0.15, 0.2) is 18.2 Å². The Morgan fingerprint density at radius 2 is 1.85 bits per heavy atom. The van der Waals surface area contributed by atoms with Crippen molar-refractivity contribution in [2.24, 2.45) is 0 Å². The van der Waals surface area contributed by atoms with E-state index in [4.69, 9.17) is 9.39 Å². The van der Waals surface area contributed by atoms with Gasteiger partial charge in [-0.15, -0.1) is 0 Å². The van der Waals surface area contributed by atoms with Crippen molar-refractivity contribution < 1.29 is 24.4 Å². The normalized spacial score (nSPS) is 17.2. The zero-order chi connectivity index (χ0) is 19.6. The summed E-state index contributed by atoms with van der Waals surface area (Å²) >= 11 is 0. The van der Waals surface area contributed by atoms with Crippen molar-refractivity contribution >= 4 is 18.9 Å². The minimum Gasteiger partial charge on any atom is -0.507 e. The molecule has 1 radical (unpaired) electrons. The second kappa shape index (κ2) is 7.61. The van der Waals surface area contributed by atoms with Gasteiger partial charge < -0.3 is 19.6 Å². The molecule has 0 spiro atoms. The van der Waals surface area contributed by atoms with E-state index in [-0.39, 0.29) is 11.3 Å². The molecule has 0 bridgehead atoms. The fourth-order valence-electron chi connectivity index (χ4n) is 2.95. The number of aliphatic hydroxyl groups is 1. The van der Waals surface area contributed by atoms with Gasteiger partial charge in [0.2, 0.25) is 0 Å². The van der Waals surface area contributed by atoms with Crippen LogP contribution in [0.25, 0.3) is 0 Å². The van der Waals surface area contributed by atoms with Crippen molar-refractivity contribution in [2.75, 3.05) is 0 Å². The highest BCUT2D eigenvalue weighted by Gasteiger charge is 2.37. The highest BCUT2D eigenvalue weighted by atomic mass is 16.6. The van der Waals surface area contributed by atoms with Gasteiger partial charge in [-0.05, 0) is 71.9 Å². The smallest absolute Gasteiger partial charge is 0.342 e. The number of aromatic hydroxyl groups is 1. The lowest BCUT2D eigenvalue weighted by Crippen LogP contribution is -2.49. The number of phenolic OH excluding ortho intramolecular Hbond substituents is 1. The number of phenols is 1. The van der Waals surface area contributed by atoms with Crippen LogP contribution in [0.4, 0.5) is 0 Å². The molecule has 0 heterocycles. The summed E-state index contributed by atoms with van der Waals surface area (Å²) in [6.07, 6.45) is 4.62. The SMILES string of the molecule is CCC1(OC(=O)c2cc([B]OC(C)(C)C(C)(C)O)ccc2O)CCCC1. The first kappa shape index (κ1) is 20.8. The Balaban J connectivity index is 2.13. The molecule has 5 nitrogen and oxygen atoms in total. The molecule has 2 N–H and O–H groups in total. The molecule has 0 saturated heterocycles. The van der Waals surface area contributed by atoms with E-state index in [1.165, 1.54) is 13.5 Å². The number of hydrogen-bond acceptors (Lipinski definition) is 5. The molecule has 6 heteroatoms. The van der Waals surface area contributed by atoms with Gasteiger partial charge in [-0.1, -0.05) is 18.5 Å². The maximum atomic E-state index is 12.6. The van der Waals surface area contributed by atoms with Crippen LogP contribution in [0.2, 0.25) is 0 Å². The zero-order valence-electron chi connectivity index (χ0n) is 16.5. The Morgan fingerprint density at radius 3 is 2.38 bits per heavy atom. The lowest BCUT2D eigenvalue weighted by molar-refractivity contribution is -0.0893. The fourth-order valence-corrected chi connectivity index (χ4v) is 2.95. The Bertz CT molecular complexity index is 642. The average molecular weight is 361 g/mol. The standard InChI is InChI=1S/C20H30BO5/c1-6-20(11-7-8-12-20)25-17(23)15-13-14(9-10-16(15)22)21-26-19(4,5)18(2,3)24/h9-10,13,22,24H,6-8,11-12H2,1-5H3. The monoisotopic (exact) mass is 361 g/mol. The van der Waals surface area contributed by atoms with Gasteiger partial charge in [-0.25, -0.2) is 4.79 Å². The number of rotatable bonds is 7. The number of benzene rings is 1. The number of carbonyl (C=O) groups is 1. The Hall–Kier alpha value is -1.53. The third kappa shape index (κ3) is 4.60. The van der Waals surface area contributed by atoms with Crippen molar-refractivity contribution in [2.45, 2.75) is 83.5 Å². The van der Waals surface area contributed by atoms with Crippen LogP contribution in [-0.4, -0.2) is 40.5 Å². The van der Waals surface area contributed by atoms with E-state index in [1.807, 2.05) is 6.92 Å². The largest absolute Gasteiger partial charge is 0.507 e. The second-order valence-electron chi connectivity index (χ2n) is 8.21. The molecule has 1 aromatic rings. The number of hydrogen-bond donors (Lipinski definition) is 2. The third-order valence-electron chi connectivity index (χ3n) is 5.67. The minimum atomic E-state index is -1.04. The first-order valence-corrected chi connectivity index (χ1v) is 9.29. The average Bonchev–Trinajstić information content (AvgIpc) is 3.02. The maximum absolute atomic E-state index is 12.6. The van der Waals surface area contributed by atoms with E-state index in [2.05, 4.69) is 0 Å². The molecule has 26 heavy (non-hydrogen) atoms. The summed E-state index contributed by atoms with van der Waals surface area (Å²) in [7, 11) is 1.49. The molecule has 1 aliphatic carbocycles. The van der Waals surface area contributed by atoms with E-state index in [0.717, 1.165) is 32.1 Å². The lowest BCUT2D eigenvalue weighted by atomic mass is 9.82. The first-order chi connectivity index (χ1) is 12.0. The van der Waals surface area contributed by atoms with Gasteiger partial charge in [0.25, 0.3) is 0 Å². The van der Waals surface area contributed by atoms with Gasteiger partial charge in [-0.2, -0.15) is 0 Å². The number of ether oxygens (including phenoxy) is 1. The van der Waals surface area contributed by atoms with Crippen molar-refractivity contribution in [1.82, 2.24) is 0 Å². The van der Waals surface area contributed by atoms with Crippen LogP contribution in [0.3, 0.4) is 0 Å². The summed E-state index contributed by atoms with van der Waals surface area (Å²) in [5.41, 5.74) is -1.53. The summed E-state index contributed by atoms with van der Waals surface area (Å²) in [5.74, 6) is -0.624. The topological polar surface area (TPSA) is 76.0 Å². The molecule has 143 valence electrons. The minimum absolute atomic E-state index is 0.113. The van der Waals surface area contributed by atoms with Crippen molar-refractivity contribution in [3.05, 3.63) is 23.8 Å². The van der Waals surface area contributed by atoms with Gasteiger partial charge >= 0.3 is 13.5 Å². The van der Waals surface area contributed by atoms with Gasteiger partial charge in [-0.3, -0.25) is 0 Å². The Labute approximate surface area is 157 Å². The molecule has 2 rings (SSSR count). The maximum Gasteiger partial charge on any atom is 0.342 e. The van der Waals surface area contributed by atoms with E-state index in [1.54, 1.807) is 39.8 Å². The van der Waals surface area contributed by atoms with E-state index in [9.17, 15) is 15.0 Å². The highest BCUT2D eigenvalue weighted by Crippen LogP contribution is 2.37. The van der Waals surface area contributed by atoms with E-state index >= 15 is 0 Å². The van der Waals surface area contributed by atoms with E-state index in [0.29, 0.717) is 5.46 Å². The summed E-state index contributed by atoms with van der Waals surface area (Å²) in [6.45, 7) is 8.93. The fraction of sp³-hybridized carbons (Fsp3) is 0.650. The summed E-state index contributed by atoms with van der Waals surface area (Å²) in [5, 5.41) is 20.3. The molecule has 0 aromatic heterocycles. The van der Waals surface area contributed by atoms with Gasteiger partial charge in [0.1, 0.15) is 16.9 Å². The molecule has 1 saturated carbocycles. The summed E-state index contributed by atoms with van der Waals surface area (Å²) < 4.78 is 11.5. The van der Waals surface area contributed by atoms with Crippen molar-refractivity contribution in [3.63, 3.8) is 0 Å². The molecule has 0 atom stereocenters. The molecule has 1 aromatic carbocycles. The predicted molar refractivity (Wildman–Crippen MR) is 102 cm³/mol. The van der Waals surface area contributed by atoms with Crippen LogP contribution in [-0.2, 0) is 9.39 Å². The van der Waals surface area contributed by atoms with Crippen LogP contribution in [0.5, 0.6) is 5.75 Å². The molecular weight excluding hydrogens is 331 g/mol. The summed E-state index contributed by atoms with van der Waals surface area (Å²) in [6, 6.07) is 4.66. The molecule has 0 unspecified atom stereocenters. The predicted octanol–water partition coefficient (Wildman–Crippen LogP) is 3.08. The first-order valence-electron chi connectivity index (χ1n) is 9.29. The van der Waals surface area contributed by atoms with Crippen LogP contribution < -0.4 is 5.46 Å². The molecule has 0 amide bonds. The van der Waals surface area contributed by atoms with Crippen molar-refractivity contribution in [3.8, 4) is 5.75 Å². The number of carbonyl (C=O) groups excluding carboxylic acids is 1. The number of esters is 1. The van der Waals surface area contributed by atoms with Gasteiger partial charge in [0, 0.05) is 0 Å². The molecule has 1 fully saturated rings. The van der Waals surface area contributed by atoms with Crippen molar-refractivity contribution in [1.29, 1.82) is 0 Å². The van der Waals surface area contributed by atoms with Crippen LogP contribution >= 0.6 is 0 Å². The quantitative estimate of drug-likeness (QED) is 0.577. The van der Waals surface area contributed by atoms with E-state index < -0.39 is 22.8 Å². The zero-order valence-corrected chi connectivity index (χ0v) is 16.5. The third-order valence-corrected chi connectivity index (χ3v) is 5.67. The molecular formula is C20H30BO5. The lowest BCUT2D eigenvalue weighted by Gasteiger charge is -2.37. The van der Waals surface area contributed by atoms with Gasteiger partial charge in [0.05, 0.1) is 11.2 Å². The Morgan fingerprint density at radius 1 is 1.23 bits per heavy atom. The van der Waals surface area contributed by atoms with Gasteiger partial charge in [0.15, 0.2) is 0 Å². The van der Waals surface area contributed by atoms with Crippen LogP contribution in [0, 0.1) is 0 Å². The second-order valence-corrected chi connectivity index (χ2v) is 8.21. The van der Waals surface area contributed by atoms with Crippen LogP contribution in [0.1, 0.15) is 77.1 Å². The Kier molecular flexibility index (Phi) is 6.08. The molecule has 1 aliphatic rings. The summed E-state index contributed by atoms with van der Waals surface area (Å²) in [4.78, 5) is 12.6.